The van der Waals surface area contributed by atoms with Crippen molar-refractivity contribution < 1.29 is 9.84 Å². The summed E-state index contributed by atoms with van der Waals surface area (Å²) >= 11 is 2.04. The number of nitrogens with one attached hydrogen (secondary N) is 1. The first-order valence-corrected chi connectivity index (χ1v) is 7.82. The van der Waals surface area contributed by atoms with Gasteiger partial charge in [0.25, 0.3) is 0 Å². The molecule has 1 saturated heterocycles. The zero-order chi connectivity index (χ0) is 13.5. The number of benzene rings is 1. The minimum Gasteiger partial charge on any atom is -0.504 e. The minimum absolute atomic E-state index is 0.192. The van der Waals surface area contributed by atoms with Crippen molar-refractivity contribution in [3.8, 4) is 11.5 Å². The van der Waals surface area contributed by atoms with E-state index in [-0.39, 0.29) is 5.75 Å². The normalized spacial score (nSPS) is 16.5. The lowest BCUT2D eigenvalue weighted by molar-refractivity contribution is 0.301. The lowest BCUT2D eigenvalue weighted by Gasteiger charge is -2.26. The van der Waals surface area contributed by atoms with E-state index in [1.165, 1.54) is 24.6 Å². The third-order valence-electron chi connectivity index (χ3n) is 3.28. The van der Waals surface area contributed by atoms with Crippen LogP contribution in [0.1, 0.15) is 5.56 Å². The molecule has 0 radical (unpaired) electrons. The van der Waals surface area contributed by atoms with Gasteiger partial charge in [0.05, 0.1) is 7.11 Å². The molecule has 0 bridgehead atoms. The molecule has 2 rings (SSSR count). The molecular weight excluding hydrogens is 260 g/mol. The molecule has 0 saturated carbocycles. The molecule has 0 aromatic heterocycles. The molecule has 0 amide bonds. The van der Waals surface area contributed by atoms with Gasteiger partial charge >= 0.3 is 0 Å². The summed E-state index contributed by atoms with van der Waals surface area (Å²) in [7, 11) is 1.57. The van der Waals surface area contributed by atoms with E-state index in [1.54, 1.807) is 13.2 Å². The van der Waals surface area contributed by atoms with Gasteiger partial charge in [0.1, 0.15) is 0 Å². The van der Waals surface area contributed by atoms with E-state index in [0.717, 1.165) is 25.2 Å². The Morgan fingerprint density at radius 2 is 2.16 bits per heavy atom. The predicted molar refractivity (Wildman–Crippen MR) is 80.1 cm³/mol. The molecule has 2 N–H and O–H groups in total. The van der Waals surface area contributed by atoms with Gasteiger partial charge in [0.2, 0.25) is 0 Å². The van der Waals surface area contributed by atoms with Crippen LogP contribution in [-0.4, -0.2) is 54.8 Å². The Balaban J connectivity index is 1.70. The Morgan fingerprint density at radius 1 is 1.37 bits per heavy atom. The molecule has 1 aliphatic rings. The average Bonchev–Trinajstić information content (AvgIpc) is 2.46. The number of methoxy groups -OCH3 is 1. The monoisotopic (exact) mass is 282 g/mol. The maximum atomic E-state index is 9.52. The van der Waals surface area contributed by atoms with E-state index >= 15 is 0 Å². The van der Waals surface area contributed by atoms with Crippen LogP contribution in [0.2, 0.25) is 0 Å². The third kappa shape index (κ3) is 4.60. The van der Waals surface area contributed by atoms with E-state index in [4.69, 9.17) is 4.74 Å². The van der Waals surface area contributed by atoms with Gasteiger partial charge in [0.15, 0.2) is 11.5 Å². The molecule has 0 atom stereocenters. The molecule has 5 heteroatoms. The molecule has 4 nitrogen and oxygen atoms in total. The molecule has 19 heavy (non-hydrogen) atoms. The molecule has 1 aliphatic heterocycles. The number of ether oxygens (including phenoxy) is 1. The van der Waals surface area contributed by atoms with Crippen molar-refractivity contribution in [1.29, 1.82) is 0 Å². The minimum atomic E-state index is 0.192. The number of thioether (sulfide) groups is 1. The fourth-order valence-electron chi connectivity index (χ4n) is 2.13. The van der Waals surface area contributed by atoms with Crippen LogP contribution in [0.4, 0.5) is 0 Å². The Morgan fingerprint density at radius 3 is 2.89 bits per heavy atom. The summed E-state index contributed by atoms with van der Waals surface area (Å²) in [5.74, 6) is 3.24. The van der Waals surface area contributed by atoms with E-state index in [0.29, 0.717) is 5.75 Å². The van der Waals surface area contributed by atoms with Crippen molar-refractivity contribution in [3.63, 3.8) is 0 Å². The van der Waals surface area contributed by atoms with Crippen LogP contribution in [0.25, 0.3) is 0 Å². The fourth-order valence-corrected chi connectivity index (χ4v) is 3.11. The van der Waals surface area contributed by atoms with E-state index in [9.17, 15) is 5.11 Å². The molecule has 106 valence electrons. The first-order valence-electron chi connectivity index (χ1n) is 6.66. The summed E-state index contributed by atoms with van der Waals surface area (Å²) in [4.78, 5) is 2.50. The number of aromatic hydroxyl groups is 1. The lowest BCUT2D eigenvalue weighted by atomic mass is 10.2. The highest BCUT2D eigenvalue weighted by molar-refractivity contribution is 7.99. The Bertz CT molecular complexity index is 395. The van der Waals surface area contributed by atoms with Crippen LogP contribution in [0.3, 0.4) is 0 Å². The first kappa shape index (κ1) is 14.5. The van der Waals surface area contributed by atoms with Crippen LogP contribution < -0.4 is 10.1 Å². The van der Waals surface area contributed by atoms with Gasteiger partial charge in [-0.2, -0.15) is 11.8 Å². The zero-order valence-corrected chi connectivity index (χ0v) is 12.2. The summed E-state index contributed by atoms with van der Waals surface area (Å²) in [6, 6.07) is 5.47. The third-order valence-corrected chi connectivity index (χ3v) is 4.22. The summed E-state index contributed by atoms with van der Waals surface area (Å²) in [6.07, 6.45) is 0. The van der Waals surface area contributed by atoms with E-state index in [1.807, 2.05) is 23.9 Å². The van der Waals surface area contributed by atoms with Crippen LogP contribution in [0.15, 0.2) is 18.2 Å². The van der Waals surface area contributed by atoms with Crippen molar-refractivity contribution >= 4 is 11.8 Å². The highest BCUT2D eigenvalue weighted by atomic mass is 32.2. The summed E-state index contributed by atoms with van der Waals surface area (Å²) < 4.78 is 5.10. The van der Waals surface area contributed by atoms with Gasteiger partial charge in [-0.3, -0.25) is 0 Å². The summed E-state index contributed by atoms with van der Waals surface area (Å²) in [5.41, 5.74) is 1.13. The topological polar surface area (TPSA) is 44.7 Å². The smallest absolute Gasteiger partial charge is 0.160 e. The highest BCUT2D eigenvalue weighted by Gasteiger charge is 2.09. The Kier molecular flexibility index (Phi) is 5.82. The predicted octanol–water partition coefficient (Wildman–Crippen LogP) is 1.54. The van der Waals surface area contributed by atoms with Crippen LogP contribution in [0.5, 0.6) is 11.5 Å². The number of hydrogen-bond donors (Lipinski definition) is 2. The van der Waals surface area contributed by atoms with Crippen LogP contribution >= 0.6 is 11.8 Å². The van der Waals surface area contributed by atoms with Gasteiger partial charge in [-0.25, -0.2) is 0 Å². The number of rotatable bonds is 6. The molecule has 0 aliphatic carbocycles. The van der Waals surface area contributed by atoms with Gasteiger partial charge < -0.3 is 20.1 Å². The van der Waals surface area contributed by atoms with Gasteiger partial charge in [-0.15, -0.1) is 0 Å². The molecule has 1 heterocycles. The quantitative estimate of drug-likeness (QED) is 0.775. The number of phenolic OH excluding ortho intramolecular Hbond substituents is 1. The van der Waals surface area contributed by atoms with E-state index in [2.05, 4.69) is 10.2 Å². The fraction of sp³-hybridized carbons (Fsp3) is 0.571. The first-order chi connectivity index (χ1) is 9.29. The summed E-state index contributed by atoms with van der Waals surface area (Å²) in [6.45, 7) is 5.32. The maximum absolute atomic E-state index is 9.52. The Hall–Kier alpha value is -0.910. The molecule has 0 spiro atoms. The summed E-state index contributed by atoms with van der Waals surface area (Å²) in [5, 5.41) is 13.0. The maximum Gasteiger partial charge on any atom is 0.160 e. The standard InChI is InChI=1S/C14H22N2O2S/c1-18-14-10-12(2-3-13(14)17)11-15-4-5-16-6-8-19-9-7-16/h2-3,10,15,17H,4-9,11H2,1H3. The zero-order valence-electron chi connectivity index (χ0n) is 11.4. The highest BCUT2D eigenvalue weighted by Crippen LogP contribution is 2.26. The average molecular weight is 282 g/mol. The number of nitrogens with zero attached hydrogens (tertiary/aromatic N) is 1. The van der Waals surface area contributed by atoms with Crippen molar-refractivity contribution in [2.24, 2.45) is 0 Å². The molecular formula is C14H22N2O2S. The van der Waals surface area contributed by atoms with Gasteiger partial charge in [-0.05, 0) is 17.7 Å². The molecule has 0 unspecified atom stereocenters. The van der Waals surface area contributed by atoms with Crippen LogP contribution in [0, 0.1) is 0 Å². The second kappa shape index (κ2) is 7.62. The van der Waals surface area contributed by atoms with Crippen molar-refractivity contribution in [1.82, 2.24) is 10.2 Å². The molecule has 1 aromatic carbocycles. The Labute approximate surface area is 119 Å². The lowest BCUT2D eigenvalue weighted by Crippen LogP contribution is -2.37. The van der Waals surface area contributed by atoms with Crippen molar-refractivity contribution in [3.05, 3.63) is 23.8 Å². The number of phenols is 1. The SMILES string of the molecule is COc1cc(CNCCN2CCSCC2)ccc1O. The van der Waals surface area contributed by atoms with Crippen LogP contribution in [-0.2, 0) is 6.54 Å². The van der Waals surface area contributed by atoms with E-state index < -0.39 is 0 Å². The number of hydrogen-bond acceptors (Lipinski definition) is 5. The second-order valence-electron chi connectivity index (χ2n) is 4.64. The largest absolute Gasteiger partial charge is 0.504 e. The molecule has 1 fully saturated rings. The van der Waals surface area contributed by atoms with Crippen molar-refractivity contribution in [2.75, 3.05) is 44.8 Å². The molecule has 1 aromatic rings. The second-order valence-corrected chi connectivity index (χ2v) is 5.86. The van der Waals surface area contributed by atoms with Gasteiger partial charge in [0, 0.05) is 44.2 Å². The van der Waals surface area contributed by atoms with Gasteiger partial charge in [-0.1, -0.05) is 6.07 Å². The van der Waals surface area contributed by atoms with Crippen molar-refractivity contribution in [2.45, 2.75) is 6.54 Å².